The average molecular weight is 490 g/mol. The molecule has 0 amide bonds. The van der Waals surface area contributed by atoms with Gasteiger partial charge in [-0.05, 0) is 67.3 Å². The number of hydrogen-bond donors (Lipinski definition) is 0. The number of aryl methyl sites for hydroxylation is 1. The summed E-state index contributed by atoms with van der Waals surface area (Å²) < 4.78 is 11.3. The Kier molecular flexibility index (Phi) is 12.3. The lowest BCUT2D eigenvalue weighted by atomic mass is 10.0. The van der Waals surface area contributed by atoms with Gasteiger partial charge in [-0.3, -0.25) is 0 Å². The topological polar surface area (TPSA) is 48.4 Å². The van der Waals surface area contributed by atoms with Gasteiger partial charge < -0.3 is 9.47 Å². The number of benzene rings is 2. The number of carbonyl (C=O) groups is 1. The Labute approximate surface area is 217 Å². The maximum absolute atomic E-state index is 12.7. The number of rotatable bonds is 17. The molecule has 0 aliphatic heterocycles. The maximum Gasteiger partial charge on any atom is 0.362 e. The first-order valence-corrected chi connectivity index (χ1v) is 14.0. The standard InChI is InChI=1S/C32H43NO3/c1-3-5-7-9-10-11-12-13-15-26-16-22-30-27(25-26)17-23-31(33-30)32(34)36-29-20-18-28(19-21-29)35-24-14-8-6-4-2/h16-23,25H,3-15,24H2,1-2H3. The first-order valence-electron chi connectivity index (χ1n) is 14.0. The number of ether oxygens (including phenoxy) is 2. The second kappa shape index (κ2) is 16.0. The van der Waals surface area contributed by atoms with Crippen molar-refractivity contribution >= 4 is 16.9 Å². The molecule has 0 N–H and O–H groups in total. The van der Waals surface area contributed by atoms with Gasteiger partial charge >= 0.3 is 5.97 Å². The Bertz CT molecular complexity index is 1040. The van der Waals surface area contributed by atoms with Gasteiger partial charge in [0.1, 0.15) is 17.2 Å². The van der Waals surface area contributed by atoms with Crippen LogP contribution in [0.15, 0.2) is 54.6 Å². The molecule has 0 bridgehead atoms. The molecule has 1 aromatic heterocycles. The zero-order valence-electron chi connectivity index (χ0n) is 22.3. The summed E-state index contributed by atoms with van der Waals surface area (Å²) in [5, 5.41) is 1.06. The van der Waals surface area contributed by atoms with Gasteiger partial charge in [-0.1, -0.05) is 90.2 Å². The largest absolute Gasteiger partial charge is 0.494 e. The summed E-state index contributed by atoms with van der Waals surface area (Å²) in [5.74, 6) is 0.826. The van der Waals surface area contributed by atoms with E-state index in [1.54, 1.807) is 18.2 Å². The number of carbonyl (C=O) groups excluding carboxylic acids is 1. The molecule has 0 fully saturated rings. The van der Waals surface area contributed by atoms with Crippen LogP contribution in [0.3, 0.4) is 0 Å². The highest BCUT2D eigenvalue weighted by molar-refractivity contribution is 5.92. The molecule has 0 saturated carbocycles. The van der Waals surface area contributed by atoms with Crippen molar-refractivity contribution in [3.63, 3.8) is 0 Å². The van der Waals surface area contributed by atoms with E-state index in [0.717, 1.165) is 29.5 Å². The van der Waals surface area contributed by atoms with E-state index in [9.17, 15) is 4.79 Å². The molecular weight excluding hydrogens is 446 g/mol. The highest BCUT2D eigenvalue weighted by Gasteiger charge is 2.12. The van der Waals surface area contributed by atoms with E-state index in [0.29, 0.717) is 18.1 Å². The molecule has 0 aliphatic rings. The van der Waals surface area contributed by atoms with E-state index >= 15 is 0 Å². The van der Waals surface area contributed by atoms with Crippen molar-refractivity contribution in [3.05, 3.63) is 65.9 Å². The lowest BCUT2D eigenvalue weighted by molar-refractivity contribution is 0.0729. The molecule has 0 spiro atoms. The molecule has 0 saturated heterocycles. The molecule has 3 rings (SSSR count). The van der Waals surface area contributed by atoms with Gasteiger partial charge in [0.15, 0.2) is 0 Å². The fraction of sp³-hybridized carbons (Fsp3) is 0.500. The second-order valence-electron chi connectivity index (χ2n) is 9.72. The summed E-state index contributed by atoms with van der Waals surface area (Å²) in [6.07, 6.45) is 16.4. The Morgan fingerprint density at radius 2 is 1.33 bits per heavy atom. The Balaban J connectivity index is 1.45. The third-order valence-corrected chi connectivity index (χ3v) is 6.58. The maximum atomic E-state index is 12.7. The molecule has 1 heterocycles. The van der Waals surface area contributed by atoms with Gasteiger partial charge in [-0.2, -0.15) is 0 Å². The van der Waals surface area contributed by atoms with Crippen molar-refractivity contribution in [3.8, 4) is 11.5 Å². The fourth-order valence-electron chi connectivity index (χ4n) is 4.39. The molecule has 36 heavy (non-hydrogen) atoms. The molecule has 0 atom stereocenters. The first-order chi connectivity index (χ1) is 17.7. The number of fused-ring (bicyclic) bond motifs is 1. The van der Waals surface area contributed by atoms with Crippen LogP contribution in [-0.4, -0.2) is 17.6 Å². The summed E-state index contributed by atoms with van der Waals surface area (Å²) in [6, 6.07) is 17.2. The molecule has 2 aromatic carbocycles. The van der Waals surface area contributed by atoms with Crippen molar-refractivity contribution in [2.75, 3.05) is 6.61 Å². The van der Waals surface area contributed by atoms with E-state index < -0.39 is 5.97 Å². The van der Waals surface area contributed by atoms with Crippen LogP contribution >= 0.6 is 0 Å². The van der Waals surface area contributed by atoms with E-state index in [4.69, 9.17) is 9.47 Å². The van der Waals surface area contributed by atoms with Crippen LogP contribution in [0.4, 0.5) is 0 Å². The average Bonchev–Trinajstić information content (AvgIpc) is 2.90. The summed E-state index contributed by atoms with van der Waals surface area (Å²) in [4.78, 5) is 17.2. The van der Waals surface area contributed by atoms with Gasteiger partial charge in [0.05, 0.1) is 12.1 Å². The summed E-state index contributed by atoms with van der Waals surface area (Å²) in [7, 11) is 0. The summed E-state index contributed by atoms with van der Waals surface area (Å²) >= 11 is 0. The lowest BCUT2D eigenvalue weighted by Crippen LogP contribution is -2.10. The van der Waals surface area contributed by atoms with E-state index in [2.05, 4.69) is 31.0 Å². The van der Waals surface area contributed by atoms with E-state index in [-0.39, 0.29) is 0 Å². The quantitative estimate of drug-likeness (QED) is 0.108. The van der Waals surface area contributed by atoms with Crippen LogP contribution in [0.1, 0.15) is 107 Å². The Morgan fingerprint density at radius 1 is 0.694 bits per heavy atom. The molecule has 4 heteroatoms. The molecule has 0 radical (unpaired) electrons. The zero-order chi connectivity index (χ0) is 25.4. The Morgan fingerprint density at radius 3 is 2.06 bits per heavy atom. The SMILES string of the molecule is CCCCCCCCCCc1ccc2nc(C(=O)Oc3ccc(OCCCCCC)cc3)ccc2c1. The highest BCUT2D eigenvalue weighted by atomic mass is 16.5. The van der Waals surface area contributed by atoms with E-state index in [1.807, 2.05) is 24.3 Å². The minimum atomic E-state index is -0.451. The normalized spacial score (nSPS) is 11.1. The van der Waals surface area contributed by atoms with Crippen molar-refractivity contribution in [1.82, 2.24) is 4.98 Å². The molecular formula is C32H43NO3. The minimum absolute atomic E-state index is 0.314. The second-order valence-corrected chi connectivity index (χ2v) is 9.72. The number of aromatic nitrogens is 1. The molecule has 0 unspecified atom stereocenters. The van der Waals surface area contributed by atoms with Crippen LogP contribution in [0, 0.1) is 0 Å². The lowest BCUT2D eigenvalue weighted by Gasteiger charge is -2.08. The molecule has 3 aromatic rings. The predicted octanol–water partition coefficient (Wildman–Crippen LogP) is 9.10. The first kappa shape index (κ1) is 27.7. The third-order valence-electron chi connectivity index (χ3n) is 6.58. The smallest absolute Gasteiger partial charge is 0.362 e. The predicted molar refractivity (Wildman–Crippen MR) is 149 cm³/mol. The number of nitrogens with zero attached hydrogens (tertiary/aromatic N) is 1. The van der Waals surface area contributed by atoms with Crippen LogP contribution in [0.2, 0.25) is 0 Å². The van der Waals surface area contributed by atoms with Crippen LogP contribution in [-0.2, 0) is 6.42 Å². The monoisotopic (exact) mass is 489 g/mol. The number of hydrogen-bond acceptors (Lipinski definition) is 4. The van der Waals surface area contributed by atoms with Crippen LogP contribution in [0.5, 0.6) is 11.5 Å². The molecule has 4 nitrogen and oxygen atoms in total. The van der Waals surface area contributed by atoms with Crippen molar-refractivity contribution < 1.29 is 14.3 Å². The van der Waals surface area contributed by atoms with Gasteiger partial charge in [0.2, 0.25) is 0 Å². The van der Waals surface area contributed by atoms with Crippen molar-refractivity contribution in [2.24, 2.45) is 0 Å². The van der Waals surface area contributed by atoms with Gasteiger partial charge in [-0.15, -0.1) is 0 Å². The Hall–Kier alpha value is -2.88. The number of unbranched alkanes of at least 4 members (excludes halogenated alkanes) is 10. The number of esters is 1. The van der Waals surface area contributed by atoms with Gasteiger partial charge in [-0.25, -0.2) is 9.78 Å². The van der Waals surface area contributed by atoms with Gasteiger partial charge in [0.25, 0.3) is 0 Å². The molecule has 194 valence electrons. The zero-order valence-corrected chi connectivity index (χ0v) is 22.3. The molecule has 0 aliphatic carbocycles. The summed E-state index contributed by atoms with van der Waals surface area (Å²) in [6.45, 7) is 5.17. The van der Waals surface area contributed by atoms with Crippen molar-refractivity contribution in [1.29, 1.82) is 0 Å². The highest BCUT2D eigenvalue weighted by Crippen LogP contribution is 2.21. The van der Waals surface area contributed by atoms with Crippen molar-refractivity contribution in [2.45, 2.75) is 97.3 Å². The fourth-order valence-corrected chi connectivity index (χ4v) is 4.39. The summed E-state index contributed by atoms with van der Waals surface area (Å²) in [5.41, 5.74) is 2.46. The number of pyridine rings is 1. The van der Waals surface area contributed by atoms with E-state index in [1.165, 1.54) is 76.2 Å². The van der Waals surface area contributed by atoms with Crippen LogP contribution in [0.25, 0.3) is 10.9 Å². The third kappa shape index (κ3) is 9.64. The minimum Gasteiger partial charge on any atom is -0.494 e. The van der Waals surface area contributed by atoms with Gasteiger partial charge in [0, 0.05) is 5.39 Å². The van der Waals surface area contributed by atoms with Crippen LogP contribution < -0.4 is 9.47 Å².